The van der Waals surface area contributed by atoms with Crippen molar-refractivity contribution < 1.29 is 9.59 Å². The van der Waals surface area contributed by atoms with Crippen molar-refractivity contribution in [3.8, 4) is 11.1 Å². The van der Waals surface area contributed by atoms with Crippen LogP contribution >= 0.6 is 11.8 Å². The number of rotatable bonds is 9. The lowest BCUT2D eigenvalue weighted by molar-refractivity contribution is 0.0941. The summed E-state index contributed by atoms with van der Waals surface area (Å²) in [7, 11) is 0. The van der Waals surface area contributed by atoms with E-state index in [1.807, 2.05) is 91.0 Å². The highest BCUT2D eigenvalue weighted by atomic mass is 32.2. The molecule has 2 aromatic heterocycles. The molecular formula is C37H30N4O2S. The van der Waals surface area contributed by atoms with Gasteiger partial charge in [-0.2, -0.15) is 0 Å². The largest absolute Gasteiger partial charge is 0.339 e. The lowest BCUT2D eigenvalue weighted by Crippen LogP contribution is -2.30. The molecule has 1 atom stereocenters. The molecule has 0 saturated carbocycles. The van der Waals surface area contributed by atoms with E-state index in [9.17, 15) is 9.59 Å². The van der Waals surface area contributed by atoms with Crippen LogP contribution in [0.3, 0.4) is 0 Å². The molecular weight excluding hydrogens is 565 g/mol. The van der Waals surface area contributed by atoms with Crippen molar-refractivity contribution in [2.75, 3.05) is 11.1 Å². The smallest absolute Gasteiger partial charge is 0.256 e. The fourth-order valence-electron chi connectivity index (χ4n) is 5.09. The van der Waals surface area contributed by atoms with Crippen LogP contribution in [0.2, 0.25) is 0 Å². The van der Waals surface area contributed by atoms with Crippen LogP contribution in [-0.4, -0.2) is 27.5 Å². The Morgan fingerprint density at radius 1 is 0.773 bits per heavy atom. The number of pyridine rings is 2. The first-order valence-corrected chi connectivity index (χ1v) is 15.4. The van der Waals surface area contributed by atoms with E-state index in [1.54, 1.807) is 30.2 Å². The lowest BCUT2D eigenvalue weighted by Gasteiger charge is -2.19. The van der Waals surface area contributed by atoms with Crippen LogP contribution in [0, 0.1) is 0 Å². The molecule has 7 heteroatoms. The van der Waals surface area contributed by atoms with Gasteiger partial charge in [-0.3, -0.25) is 19.6 Å². The molecule has 0 bridgehead atoms. The van der Waals surface area contributed by atoms with Crippen LogP contribution in [0.1, 0.15) is 44.9 Å². The number of anilines is 1. The van der Waals surface area contributed by atoms with Gasteiger partial charge in [0.25, 0.3) is 11.8 Å². The zero-order valence-electron chi connectivity index (χ0n) is 24.1. The summed E-state index contributed by atoms with van der Waals surface area (Å²) in [5.74, 6) is 0.549. The van der Waals surface area contributed by atoms with Gasteiger partial charge in [-0.15, -0.1) is 11.8 Å². The number of thioether (sulfide) groups is 1. The van der Waals surface area contributed by atoms with Gasteiger partial charge in [0.15, 0.2) is 0 Å². The van der Waals surface area contributed by atoms with Gasteiger partial charge in [-0.05, 0) is 71.0 Å². The number of hydrogen-bond acceptors (Lipinski definition) is 5. The van der Waals surface area contributed by atoms with Crippen molar-refractivity contribution in [3.63, 3.8) is 0 Å². The maximum Gasteiger partial charge on any atom is 0.256 e. The van der Waals surface area contributed by atoms with Gasteiger partial charge in [0.2, 0.25) is 0 Å². The number of carbonyl (C=O) groups is 2. The van der Waals surface area contributed by atoms with Crippen molar-refractivity contribution in [2.45, 2.75) is 17.9 Å². The van der Waals surface area contributed by atoms with Crippen molar-refractivity contribution in [3.05, 3.63) is 156 Å². The molecule has 4 aromatic carbocycles. The Bertz CT molecular complexity index is 1870. The predicted molar refractivity (Wildman–Crippen MR) is 178 cm³/mol. The minimum atomic E-state index is -0.408. The van der Waals surface area contributed by atoms with Gasteiger partial charge in [0.1, 0.15) is 0 Å². The highest BCUT2D eigenvalue weighted by Crippen LogP contribution is 2.28. The number of benzene rings is 4. The highest BCUT2D eigenvalue weighted by molar-refractivity contribution is 7.99. The third kappa shape index (κ3) is 6.53. The van der Waals surface area contributed by atoms with Crippen LogP contribution in [0.15, 0.2) is 139 Å². The normalized spacial score (nSPS) is 11.6. The molecule has 0 saturated heterocycles. The number of nitrogens with zero attached hydrogens (tertiary/aromatic N) is 2. The molecule has 44 heavy (non-hydrogen) atoms. The SMILES string of the molecule is CCSc1ccc(-c2ccccc2C(=O)Nc2ccc3cc(C(=O)NC(c4ccccc4)c4ccccn4)cnc3c2)cc1. The average molecular weight is 595 g/mol. The summed E-state index contributed by atoms with van der Waals surface area (Å²) in [6, 6.07) is 38.2. The number of nitrogens with one attached hydrogen (secondary N) is 2. The fraction of sp³-hybridized carbons (Fsp3) is 0.0811. The van der Waals surface area contributed by atoms with Crippen LogP contribution in [-0.2, 0) is 0 Å². The fourth-order valence-corrected chi connectivity index (χ4v) is 5.75. The van der Waals surface area contributed by atoms with Crippen molar-refractivity contribution in [1.82, 2.24) is 15.3 Å². The topological polar surface area (TPSA) is 84.0 Å². The Morgan fingerprint density at radius 2 is 1.55 bits per heavy atom. The molecule has 6 rings (SSSR count). The van der Waals surface area contributed by atoms with Gasteiger partial charge >= 0.3 is 0 Å². The molecule has 2 amide bonds. The molecule has 2 N–H and O–H groups in total. The lowest BCUT2D eigenvalue weighted by atomic mass is 9.99. The molecule has 0 fully saturated rings. The summed E-state index contributed by atoms with van der Waals surface area (Å²) in [6.07, 6.45) is 3.27. The molecule has 1 unspecified atom stereocenters. The van der Waals surface area contributed by atoms with E-state index < -0.39 is 6.04 Å². The molecule has 0 aliphatic rings. The maximum absolute atomic E-state index is 13.4. The Kier molecular flexibility index (Phi) is 8.75. The minimum Gasteiger partial charge on any atom is -0.339 e. The van der Waals surface area contributed by atoms with E-state index in [0.29, 0.717) is 22.3 Å². The summed E-state index contributed by atoms with van der Waals surface area (Å²) >= 11 is 1.79. The standard InChI is InChI=1S/C37H30N4O2S/c1-2-44-30-19-16-25(17-20-30)31-12-6-7-13-32(31)37(43)40-29-18-15-27-22-28(24-39-34(27)23-29)36(42)41-35(26-10-4-3-5-11-26)33-14-8-9-21-38-33/h3-24,35H,2H2,1H3,(H,40,43)(H,41,42). The van der Waals surface area contributed by atoms with Gasteiger partial charge in [-0.1, -0.05) is 79.7 Å². The van der Waals surface area contributed by atoms with Gasteiger partial charge in [-0.25, -0.2) is 0 Å². The van der Waals surface area contributed by atoms with Crippen LogP contribution in [0.4, 0.5) is 5.69 Å². The van der Waals surface area contributed by atoms with Gasteiger partial charge in [0, 0.05) is 33.9 Å². The molecule has 0 aliphatic heterocycles. The molecule has 2 heterocycles. The van der Waals surface area contributed by atoms with Crippen LogP contribution in [0.25, 0.3) is 22.0 Å². The second-order valence-electron chi connectivity index (χ2n) is 10.2. The zero-order valence-corrected chi connectivity index (χ0v) is 24.9. The van der Waals surface area contributed by atoms with Gasteiger partial charge in [0.05, 0.1) is 22.8 Å². The number of amides is 2. The number of aromatic nitrogens is 2. The summed E-state index contributed by atoms with van der Waals surface area (Å²) in [6.45, 7) is 2.13. The molecule has 6 aromatic rings. The third-order valence-electron chi connectivity index (χ3n) is 7.24. The number of hydrogen-bond donors (Lipinski definition) is 2. The molecule has 0 radical (unpaired) electrons. The number of fused-ring (bicyclic) bond motifs is 1. The molecule has 216 valence electrons. The summed E-state index contributed by atoms with van der Waals surface area (Å²) < 4.78 is 0. The molecule has 0 aliphatic carbocycles. The van der Waals surface area contributed by atoms with Crippen molar-refractivity contribution >= 4 is 40.2 Å². The first-order valence-electron chi connectivity index (χ1n) is 14.4. The van der Waals surface area contributed by atoms with E-state index in [-0.39, 0.29) is 11.8 Å². The first kappa shape index (κ1) is 28.8. The highest BCUT2D eigenvalue weighted by Gasteiger charge is 2.19. The monoisotopic (exact) mass is 594 g/mol. The quantitative estimate of drug-likeness (QED) is 0.165. The second-order valence-corrected chi connectivity index (χ2v) is 11.5. The molecule has 0 spiro atoms. The van der Waals surface area contributed by atoms with Crippen LogP contribution in [0.5, 0.6) is 0 Å². The maximum atomic E-state index is 13.4. The van der Waals surface area contributed by atoms with E-state index in [1.165, 1.54) is 4.90 Å². The Hall–Kier alpha value is -5.27. The zero-order chi connectivity index (χ0) is 30.3. The van der Waals surface area contributed by atoms with E-state index in [0.717, 1.165) is 33.5 Å². The average Bonchev–Trinajstić information content (AvgIpc) is 3.08. The van der Waals surface area contributed by atoms with Crippen LogP contribution < -0.4 is 10.6 Å². The Morgan fingerprint density at radius 3 is 2.32 bits per heavy atom. The molecule has 6 nitrogen and oxygen atoms in total. The minimum absolute atomic E-state index is 0.204. The van der Waals surface area contributed by atoms with Crippen molar-refractivity contribution in [1.29, 1.82) is 0 Å². The third-order valence-corrected chi connectivity index (χ3v) is 8.14. The summed E-state index contributed by atoms with van der Waals surface area (Å²) in [5, 5.41) is 6.92. The van der Waals surface area contributed by atoms with E-state index >= 15 is 0 Å². The first-order chi connectivity index (χ1) is 21.6. The predicted octanol–water partition coefficient (Wildman–Crippen LogP) is 8.18. The second kappa shape index (κ2) is 13.4. The number of carbonyl (C=O) groups excluding carboxylic acids is 2. The van der Waals surface area contributed by atoms with E-state index in [4.69, 9.17) is 0 Å². The summed E-state index contributed by atoms with van der Waals surface area (Å²) in [4.78, 5) is 37.0. The Labute approximate surface area is 260 Å². The van der Waals surface area contributed by atoms with E-state index in [2.05, 4.69) is 51.8 Å². The Balaban J connectivity index is 1.20. The van der Waals surface area contributed by atoms with Crippen molar-refractivity contribution in [2.24, 2.45) is 0 Å². The summed E-state index contributed by atoms with van der Waals surface area (Å²) in [5.41, 5.74) is 5.84. The van der Waals surface area contributed by atoms with Gasteiger partial charge < -0.3 is 10.6 Å².